The van der Waals surface area contributed by atoms with Gasteiger partial charge in [0.15, 0.2) is 18.1 Å². The van der Waals surface area contributed by atoms with E-state index in [0.717, 1.165) is 10.0 Å². The molecule has 0 aliphatic carbocycles. The second-order valence-corrected chi connectivity index (χ2v) is 9.62. The third-order valence-corrected chi connectivity index (χ3v) is 6.29. The Morgan fingerprint density at radius 2 is 1.76 bits per heavy atom. The molecule has 3 amide bonds. The molecule has 0 atom stereocenters. The van der Waals surface area contributed by atoms with Crippen molar-refractivity contribution in [1.82, 2.24) is 5.43 Å². The van der Waals surface area contributed by atoms with Crippen LogP contribution in [0.2, 0.25) is 0 Å². The zero-order valence-electron chi connectivity index (χ0n) is 20.0. The molecule has 3 aromatic carbocycles. The summed E-state index contributed by atoms with van der Waals surface area (Å²) in [7, 11) is 1.47. The number of amides is 3. The second-order valence-electron chi connectivity index (χ2n) is 7.54. The zero-order valence-corrected chi connectivity index (χ0v) is 23.8. The summed E-state index contributed by atoms with van der Waals surface area (Å²) >= 11 is 5.40. The van der Waals surface area contributed by atoms with Crippen molar-refractivity contribution in [1.29, 1.82) is 0 Å². The number of methoxy groups -OCH3 is 1. The molecule has 3 rings (SSSR count). The van der Waals surface area contributed by atoms with Crippen molar-refractivity contribution in [2.75, 3.05) is 24.4 Å². The molecular weight excluding hydrogens is 655 g/mol. The van der Waals surface area contributed by atoms with Gasteiger partial charge in [0.1, 0.15) is 0 Å². The van der Waals surface area contributed by atoms with E-state index in [0.29, 0.717) is 38.4 Å². The summed E-state index contributed by atoms with van der Waals surface area (Å²) in [5.41, 5.74) is 4.95. The van der Waals surface area contributed by atoms with Gasteiger partial charge in [-0.1, -0.05) is 41.1 Å². The van der Waals surface area contributed by atoms with Crippen LogP contribution in [-0.2, 0) is 20.8 Å². The van der Waals surface area contributed by atoms with Crippen LogP contribution < -0.4 is 25.5 Å². The van der Waals surface area contributed by atoms with Crippen molar-refractivity contribution >= 4 is 73.8 Å². The lowest BCUT2D eigenvalue weighted by molar-refractivity contribution is -0.136. The van der Waals surface area contributed by atoms with E-state index in [1.54, 1.807) is 36.4 Å². The van der Waals surface area contributed by atoms with Crippen LogP contribution in [0.4, 0.5) is 11.4 Å². The van der Waals surface area contributed by atoms with Crippen LogP contribution in [0, 0.1) is 3.57 Å². The van der Waals surface area contributed by atoms with Crippen LogP contribution in [0.3, 0.4) is 0 Å². The number of para-hydroxylation sites is 1. The maximum Gasteiger partial charge on any atom is 0.329 e. The molecule has 0 saturated carbocycles. The highest BCUT2D eigenvalue weighted by Gasteiger charge is 2.15. The SMILES string of the molecule is CCc1ccccc1NC(=O)C(=O)N/N=C\c1cc(I)c(OCC(=O)Nc2ccc(Br)cc2)c(OC)c1. The summed E-state index contributed by atoms with van der Waals surface area (Å²) in [6.07, 6.45) is 2.09. The number of nitrogens with one attached hydrogen (secondary N) is 3. The molecular formula is C26H24BrIN4O5. The third-order valence-electron chi connectivity index (χ3n) is 4.96. The molecule has 9 nitrogen and oxygen atoms in total. The van der Waals surface area contributed by atoms with Crippen LogP contribution in [0.5, 0.6) is 11.5 Å². The standard InChI is InChI=1S/C26H24BrIN4O5/c1-3-17-6-4-5-7-21(17)31-25(34)26(35)32-29-14-16-12-20(28)24(22(13-16)36-2)37-15-23(33)30-19-10-8-18(27)9-11-19/h4-14H,3,15H2,1-2H3,(H,30,33)(H,31,34)(H,32,35)/b29-14-. The van der Waals surface area contributed by atoms with Gasteiger partial charge in [-0.15, -0.1) is 0 Å². The van der Waals surface area contributed by atoms with Crippen LogP contribution in [0.1, 0.15) is 18.1 Å². The van der Waals surface area contributed by atoms with Crippen LogP contribution in [-0.4, -0.2) is 37.7 Å². The van der Waals surface area contributed by atoms with Gasteiger partial charge in [-0.2, -0.15) is 5.10 Å². The van der Waals surface area contributed by atoms with Crippen molar-refractivity contribution in [3.63, 3.8) is 0 Å². The van der Waals surface area contributed by atoms with E-state index in [2.05, 4.69) is 37.1 Å². The van der Waals surface area contributed by atoms with Gasteiger partial charge < -0.3 is 20.1 Å². The van der Waals surface area contributed by atoms with E-state index < -0.39 is 11.8 Å². The Morgan fingerprint density at radius 3 is 2.46 bits per heavy atom. The molecule has 0 radical (unpaired) electrons. The topological polar surface area (TPSA) is 118 Å². The highest BCUT2D eigenvalue weighted by Crippen LogP contribution is 2.33. The van der Waals surface area contributed by atoms with Gasteiger partial charge in [0.2, 0.25) is 0 Å². The lowest BCUT2D eigenvalue weighted by atomic mass is 10.1. The minimum Gasteiger partial charge on any atom is -0.493 e. The molecule has 0 bridgehead atoms. The normalized spacial score (nSPS) is 10.6. The fraction of sp³-hybridized carbons (Fsp3) is 0.154. The molecule has 0 aromatic heterocycles. The van der Waals surface area contributed by atoms with Gasteiger partial charge in [0, 0.05) is 15.8 Å². The predicted octanol–water partition coefficient (Wildman–Crippen LogP) is 4.73. The smallest absolute Gasteiger partial charge is 0.329 e. The number of halogens is 2. The fourth-order valence-electron chi connectivity index (χ4n) is 3.17. The van der Waals surface area contributed by atoms with Gasteiger partial charge in [-0.3, -0.25) is 14.4 Å². The average molecular weight is 679 g/mol. The Balaban J connectivity index is 1.58. The van der Waals surface area contributed by atoms with E-state index in [9.17, 15) is 14.4 Å². The molecule has 0 fully saturated rings. The van der Waals surface area contributed by atoms with E-state index in [4.69, 9.17) is 9.47 Å². The van der Waals surface area contributed by atoms with Crippen molar-refractivity contribution in [3.8, 4) is 11.5 Å². The largest absolute Gasteiger partial charge is 0.493 e. The molecule has 3 N–H and O–H groups in total. The number of hydrogen-bond donors (Lipinski definition) is 3. The number of benzene rings is 3. The highest BCUT2D eigenvalue weighted by atomic mass is 127. The highest BCUT2D eigenvalue weighted by molar-refractivity contribution is 14.1. The van der Waals surface area contributed by atoms with Crippen LogP contribution >= 0.6 is 38.5 Å². The van der Waals surface area contributed by atoms with Crippen molar-refractivity contribution < 1.29 is 23.9 Å². The number of anilines is 2. The number of hydrogen-bond acceptors (Lipinski definition) is 6. The Bertz CT molecular complexity index is 1310. The number of ether oxygens (including phenoxy) is 2. The number of rotatable bonds is 9. The lowest BCUT2D eigenvalue weighted by Crippen LogP contribution is -2.32. The Hall–Kier alpha value is -3.45. The molecule has 0 heterocycles. The third kappa shape index (κ3) is 8.29. The van der Waals surface area contributed by atoms with Gasteiger partial charge >= 0.3 is 11.8 Å². The molecule has 192 valence electrons. The molecule has 0 spiro atoms. The van der Waals surface area contributed by atoms with Crippen LogP contribution in [0.25, 0.3) is 0 Å². The summed E-state index contributed by atoms with van der Waals surface area (Å²) in [6.45, 7) is 1.74. The van der Waals surface area contributed by atoms with E-state index in [-0.39, 0.29) is 12.5 Å². The summed E-state index contributed by atoms with van der Waals surface area (Å²) in [5, 5.41) is 9.21. The number of nitrogens with zero attached hydrogens (tertiary/aromatic N) is 1. The van der Waals surface area contributed by atoms with Crippen molar-refractivity contribution in [2.24, 2.45) is 5.10 Å². The van der Waals surface area contributed by atoms with E-state index in [1.165, 1.54) is 13.3 Å². The van der Waals surface area contributed by atoms with E-state index in [1.807, 2.05) is 53.8 Å². The molecule has 37 heavy (non-hydrogen) atoms. The number of aryl methyl sites for hydroxylation is 1. The van der Waals surface area contributed by atoms with Gasteiger partial charge in [-0.05, 0) is 82.6 Å². The first-order valence-corrected chi connectivity index (χ1v) is 13.0. The van der Waals surface area contributed by atoms with Gasteiger partial charge in [0.05, 0.1) is 16.9 Å². The lowest BCUT2D eigenvalue weighted by Gasteiger charge is -2.13. The Kier molecular flexibility index (Phi) is 10.4. The second kappa shape index (κ2) is 13.7. The first-order chi connectivity index (χ1) is 17.8. The molecule has 11 heteroatoms. The predicted molar refractivity (Wildman–Crippen MR) is 154 cm³/mol. The molecule has 3 aromatic rings. The maximum atomic E-state index is 12.3. The van der Waals surface area contributed by atoms with Crippen molar-refractivity contribution in [2.45, 2.75) is 13.3 Å². The Labute approximate surface area is 236 Å². The van der Waals surface area contributed by atoms with Crippen LogP contribution in [0.15, 0.2) is 70.2 Å². The minimum absolute atomic E-state index is 0.220. The summed E-state index contributed by atoms with van der Waals surface area (Å²) < 4.78 is 12.7. The first-order valence-electron chi connectivity index (χ1n) is 11.1. The van der Waals surface area contributed by atoms with Gasteiger partial charge in [0.25, 0.3) is 5.91 Å². The van der Waals surface area contributed by atoms with Crippen molar-refractivity contribution in [3.05, 3.63) is 79.8 Å². The first kappa shape index (κ1) is 28.1. The summed E-state index contributed by atoms with van der Waals surface area (Å²) in [5.74, 6) is -1.28. The maximum absolute atomic E-state index is 12.3. The van der Waals surface area contributed by atoms with E-state index >= 15 is 0 Å². The fourth-order valence-corrected chi connectivity index (χ4v) is 4.21. The number of hydrazone groups is 1. The quantitative estimate of drug-likeness (QED) is 0.131. The van der Waals surface area contributed by atoms with Gasteiger partial charge in [-0.25, -0.2) is 5.43 Å². The summed E-state index contributed by atoms with van der Waals surface area (Å²) in [6, 6.07) is 17.8. The monoisotopic (exact) mass is 678 g/mol. The summed E-state index contributed by atoms with van der Waals surface area (Å²) in [4.78, 5) is 36.6. The number of carbonyl (C=O) groups excluding carboxylic acids is 3. The number of carbonyl (C=O) groups is 3. The molecule has 0 unspecified atom stereocenters. The molecule has 0 aliphatic heterocycles. The Morgan fingerprint density at radius 1 is 1.03 bits per heavy atom. The molecule has 0 aliphatic rings. The molecule has 0 saturated heterocycles. The minimum atomic E-state index is -0.902. The average Bonchev–Trinajstić information content (AvgIpc) is 2.89. The zero-order chi connectivity index (χ0) is 26.8.